The van der Waals surface area contributed by atoms with Crippen LogP contribution >= 0.6 is 0 Å². The van der Waals surface area contributed by atoms with E-state index in [0.717, 1.165) is 11.0 Å². The summed E-state index contributed by atoms with van der Waals surface area (Å²) in [6, 6.07) is 12.8. The van der Waals surface area contributed by atoms with Crippen LogP contribution < -0.4 is 10.6 Å². The number of fused-ring (bicyclic) bond motifs is 1. The van der Waals surface area contributed by atoms with Gasteiger partial charge in [-0.05, 0) is 42.5 Å². The minimum absolute atomic E-state index is 0.106. The number of carbonyl (C=O) groups is 2. The highest BCUT2D eigenvalue weighted by Gasteiger charge is 2.10. The second-order valence-corrected chi connectivity index (χ2v) is 5.29. The van der Waals surface area contributed by atoms with Crippen molar-refractivity contribution in [2.45, 2.75) is 0 Å². The molecule has 0 aliphatic heterocycles. The van der Waals surface area contributed by atoms with Crippen LogP contribution in [0.4, 0.5) is 11.4 Å². The first-order chi connectivity index (χ1) is 12.6. The average Bonchev–Trinajstić information content (AvgIpc) is 3.10. The molecule has 0 unspecified atom stereocenters. The molecule has 0 bridgehead atoms. The largest absolute Gasteiger partial charge is 0.478 e. The molecule has 0 aliphatic carbocycles. The summed E-state index contributed by atoms with van der Waals surface area (Å²) in [7, 11) is 0. The predicted octanol–water partition coefficient (Wildman–Crippen LogP) is 2.72. The summed E-state index contributed by atoms with van der Waals surface area (Å²) in [5.74, 6) is -1.66. The van der Waals surface area contributed by atoms with Gasteiger partial charge in [0.15, 0.2) is 0 Å². The SMILES string of the molecule is N#C/C(=C/Nc1ccc2nc[nH]c2c1)C(=O)Nc1ccc(C(=O)O)cc1. The maximum Gasteiger partial charge on any atom is 0.335 e. The fourth-order valence-corrected chi connectivity index (χ4v) is 2.22. The third-order valence-corrected chi connectivity index (χ3v) is 3.56. The number of imidazole rings is 1. The number of nitriles is 1. The highest BCUT2D eigenvalue weighted by atomic mass is 16.4. The topological polar surface area (TPSA) is 131 Å². The van der Waals surface area contributed by atoms with Crippen molar-refractivity contribution in [1.29, 1.82) is 5.26 Å². The van der Waals surface area contributed by atoms with E-state index in [-0.39, 0.29) is 11.1 Å². The second-order valence-electron chi connectivity index (χ2n) is 5.29. The molecule has 0 saturated carbocycles. The Morgan fingerprint density at radius 2 is 1.88 bits per heavy atom. The Bertz CT molecular complexity index is 1040. The molecule has 8 heteroatoms. The summed E-state index contributed by atoms with van der Waals surface area (Å²) < 4.78 is 0. The molecule has 0 saturated heterocycles. The van der Waals surface area contributed by atoms with Crippen molar-refractivity contribution in [1.82, 2.24) is 9.97 Å². The van der Waals surface area contributed by atoms with Crippen molar-refractivity contribution >= 4 is 34.3 Å². The first kappa shape index (κ1) is 16.7. The first-order valence-electron chi connectivity index (χ1n) is 7.51. The van der Waals surface area contributed by atoms with Crippen LogP contribution in [0, 0.1) is 11.3 Å². The van der Waals surface area contributed by atoms with Crippen LogP contribution in [0.25, 0.3) is 11.0 Å². The third kappa shape index (κ3) is 3.68. The zero-order valence-corrected chi connectivity index (χ0v) is 13.4. The molecule has 0 fully saturated rings. The van der Waals surface area contributed by atoms with Gasteiger partial charge >= 0.3 is 5.97 Å². The molecule has 0 radical (unpaired) electrons. The number of hydrogen-bond donors (Lipinski definition) is 4. The van der Waals surface area contributed by atoms with Crippen molar-refractivity contribution in [3.05, 3.63) is 66.1 Å². The van der Waals surface area contributed by atoms with Crippen LogP contribution in [0.5, 0.6) is 0 Å². The van der Waals surface area contributed by atoms with E-state index in [1.807, 2.05) is 6.07 Å². The number of H-pyrrole nitrogens is 1. The molecule has 2 aromatic carbocycles. The van der Waals surface area contributed by atoms with Crippen molar-refractivity contribution < 1.29 is 14.7 Å². The summed E-state index contributed by atoms with van der Waals surface area (Å²) in [5, 5.41) is 23.5. The van der Waals surface area contributed by atoms with Gasteiger partial charge in [-0.1, -0.05) is 0 Å². The smallest absolute Gasteiger partial charge is 0.335 e. The van der Waals surface area contributed by atoms with Gasteiger partial charge < -0.3 is 20.7 Å². The lowest BCUT2D eigenvalue weighted by Crippen LogP contribution is -2.14. The van der Waals surface area contributed by atoms with Crippen LogP contribution in [-0.2, 0) is 4.79 Å². The molecule has 1 amide bonds. The Balaban J connectivity index is 1.70. The number of nitrogens with one attached hydrogen (secondary N) is 3. The van der Waals surface area contributed by atoms with Crippen LogP contribution in [0.2, 0.25) is 0 Å². The number of hydrogen-bond acceptors (Lipinski definition) is 5. The van der Waals surface area contributed by atoms with Gasteiger partial charge in [-0.2, -0.15) is 5.26 Å². The standard InChI is InChI=1S/C18H13N5O3/c19-8-12(9-20-14-5-6-15-16(7-14)22-10-21-15)17(24)23-13-3-1-11(2-4-13)18(25)26/h1-7,9-10,20H,(H,21,22)(H,23,24)(H,25,26)/b12-9-. The number of anilines is 2. The first-order valence-corrected chi connectivity index (χ1v) is 7.51. The van der Waals surface area contributed by atoms with Gasteiger partial charge in [-0.3, -0.25) is 4.79 Å². The number of aromatic carboxylic acids is 1. The number of benzene rings is 2. The molecule has 128 valence electrons. The Morgan fingerprint density at radius 1 is 1.15 bits per heavy atom. The summed E-state index contributed by atoms with van der Waals surface area (Å²) in [5.41, 5.74) is 2.69. The molecule has 0 atom stereocenters. The maximum absolute atomic E-state index is 12.2. The van der Waals surface area contributed by atoms with E-state index >= 15 is 0 Å². The van der Waals surface area contributed by atoms with Crippen molar-refractivity contribution in [2.24, 2.45) is 0 Å². The van der Waals surface area contributed by atoms with Gasteiger partial charge in [-0.25, -0.2) is 9.78 Å². The molecule has 0 aliphatic rings. The van der Waals surface area contributed by atoms with E-state index in [9.17, 15) is 14.9 Å². The molecule has 1 aromatic heterocycles. The van der Waals surface area contributed by atoms with Crippen molar-refractivity contribution in [3.8, 4) is 6.07 Å². The summed E-state index contributed by atoms with van der Waals surface area (Å²) in [4.78, 5) is 30.1. The van der Waals surface area contributed by atoms with E-state index in [0.29, 0.717) is 11.4 Å². The van der Waals surface area contributed by atoms with E-state index in [1.165, 1.54) is 30.5 Å². The number of rotatable bonds is 5. The monoisotopic (exact) mass is 347 g/mol. The van der Waals surface area contributed by atoms with Gasteiger partial charge in [0.2, 0.25) is 0 Å². The van der Waals surface area contributed by atoms with Crippen molar-refractivity contribution in [2.75, 3.05) is 10.6 Å². The lowest BCUT2D eigenvalue weighted by molar-refractivity contribution is -0.112. The van der Waals surface area contributed by atoms with Crippen LogP contribution in [-0.4, -0.2) is 27.0 Å². The normalized spacial score (nSPS) is 11.0. The fraction of sp³-hybridized carbons (Fsp3) is 0. The molecular formula is C18H13N5O3. The number of carbonyl (C=O) groups excluding carboxylic acids is 1. The van der Waals surface area contributed by atoms with Gasteiger partial charge in [-0.15, -0.1) is 0 Å². The Morgan fingerprint density at radius 3 is 2.58 bits per heavy atom. The van der Waals surface area contributed by atoms with Crippen molar-refractivity contribution in [3.63, 3.8) is 0 Å². The minimum atomic E-state index is -1.06. The summed E-state index contributed by atoms with van der Waals surface area (Å²) in [6.07, 6.45) is 2.88. The Kier molecular flexibility index (Phi) is 4.63. The van der Waals surface area contributed by atoms with Gasteiger partial charge in [0.1, 0.15) is 11.6 Å². The number of carboxylic acids is 1. The lowest BCUT2D eigenvalue weighted by Gasteiger charge is -2.06. The number of aromatic amines is 1. The van der Waals surface area contributed by atoms with Gasteiger partial charge in [0, 0.05) is 17.6 Å². The number of aromatic nitrogens is 2. The molecule has 3 rings (SSSR count). The number of carboxylic acid groups (broad SMARTS) is 1. The second kappa shape index (κ2) is 7.19. The predicted molar refractivity (Wildman–Crippen MR) is 95.4 cm³/mol. The average molecular weight is 347 g/mol. The van der Waals surface area contributed by atoms with E-state index < -0.39 is 11.9 Å². The third-order valence-electron chi connectivity index (χ3n) is 3.56. The molecule has 4 N–H and O–H groups in total. The Labute approximate surface area is 147 Å². The fourth-order valence-electron chi connectivity index (χ4n) is 2.22. The molecule has 0 spiro atoms. The van der Waals surface area contributed by atoms with Crippen LogP contribution in [0.15, 0.2) is 60.6 Å². The molecule has 1 heterocycles. The molecule has 8 nitrogen and oxygen atoms in total. The van der Waals surface area contributed by atoms with E-state index in [4.69, 9.17) is 5.11 Å². The molecular weight excluding hydrogens is 334 g/mol. The molecule has 26 heavy (non-hydrogen) atoms. The highest BCUT2D eigenvalue weighted by molar-refractivity contribution is 6.06. The van der Waals surface area contributed by atoms with Crippen LogP contribution in [0.3, 0.4) is 0 Å². The lowest BCUT2D eigenvalue weighted by atomic mass is 10.2. The zero-order chi connectivity index (χ0) is 18.5. The van der Waals surface area contributed by atoms with Crippen LogP contribution in [0.1, 0.15) is 10.4 Å². The molecule has 3 aromatic rings. The van der Waals surface area contributed by atoms with Gasteiger partial charge in [0.25, 0.3) is 5.91 Å². The minimum Gasteiger partial charge on any atom is -0.478 e. The maximum atomic E-state index is 12.2. The summed E-state index contributed by atoms with van der Waals surface area (Å²) >= 11 is 0. The van der Waals surface area contributed by atoms with E-state index in [2.05, 4.69) is 20.6 Å². The van der Waals surface area contributed by atoms with E-state index in [1.54, 1.807) is 24.5 Å². The van der Waals surface area contributed by atoms with Gasteiger partial charge in [0.05, 0.1) is 22.9 Å². The summed E-state index contributed by atoms with van der Waals surface area (Å²) in [6.45, 7) is 0. The quantitative estimate of drug-likeness (QED) is 0.414. The highest BCUT2D eigenvalue weighted by Crippen LogP contribution is 2.16. The number of amides is 1. The Hall–Kier alpha value is -4.12. The number of nitrogens with zero attached hydrogens (tertiary/aromatic N) is 2. The zero-order valence-electron chi connectivity index (χ0n) is 13.4.